The first-order valence-corrected chi connectivity index (χ1v) is 12.9. The highest BCUT2D eigenvalue weighted by Gasteiger charge is 2.25. The number of hydrogen-bond acceptors (Lipinski definition) is 4. The normalized spacial score (nSPS) is 18.9. The summed E-state index contributed by atoms with van der Waals surface area (Å²) in [4.78, 5) is 7.54. The minimum Gasteiger partial charge on any atom is -0.357 e. The molecule has 7 nitrogen and oxygen atoms in total. The van der Waals surface area contributed by atoms with Gasteiger partial charge in [0.25, 0.3) is 0 Å². The van der Waals surface area contributed by atoms with Crippen molar-refractivity contribution >= 4 is 40.0 Å². The predicted molar refractivity (Wildman–Crippen MR) is 138 cm³/mol. The lowest BCUT2D eigenvalue weighted by Gasteiger charge is -2.26. The maximum atomic E-state index is 12.8. The Morgan fingerprint density at radius 2 is 1.55 bits per heavy atom. The van der Waals surface area contributed by atoms with Crippen LogP contribution < -0.4 is 10.6 Å². The molecule has 9 heteroatoms. The summed E-state index contributed by atoms with van der Waals surface area (Å²) in [5.41, 5.74) is 1.00. The van der Waals surface area contributed by atoms with Crippen molar-refractivity contribution in [1.82, 2.24) is 19.8 Å². The Kier molecular flexibility index (Phi) is 11.6. The molecule has 0 aliphatic carbocycles. The van der Waals surface area contributed by atoms with Gasteiger partial charge in [-0.05, 0) is 63.4 Å². The third kappa shape index (κ3) is 8.18. The van der Waals surface area contributed by atoms with Gasteiger partial charge in [0, 0.05) is 32.7 Å². The lowest BCUT2D eigenvalue weighted by molar-refractivity contribution is 0.232. The summed E-state index contributed by atoms with van der Waals surface area (Å²) in [6.45, 7) is 8.94. The average Bonchev–Trinajstić information content (AvgIpc) is 2.79. The Labute approximate surface area is 205 Å². The molecule has 2 fully saturated rings. The zero-order chi connectivity index (χ0) is 21.2. The van der Waals surface area contributed by atoms with Gasteiger partial charge in [-0.15, -0.1) is 24.0 Å². The molecule has 3 rings (SSSR count). The van der Waals surface area contributed by atoms with Crippen LogP contribution in [0.1, 0.15) is 51.0 Å². The molecule has 0 saturated carbocycles. The van der Waals surface area contributed by atoms with Gasteiger partial charge < -0.3 is 15.5 Å². The summed E-state index contributed by atoms with van der Waals surface area (Å²) < 4.78 is 27.2. The maximum Gasteiger partial charge on any atom is 0.243 e. The van der Waals surface area contributed by atoms with E-state index in [1.165, 1.54) is 32.4 Å². The molecule has 2 N–H and O–H groups in total. The van der Waals surface area contributed by atoms with Crippen molar-refractivity contribution in [1.29, 1.82) is 0 Å². The Morgan fingerprint density at radius 3 is 2.16 bits per heavy atom. The van der Waals surface area contributed by atoms with Crippen molar-refractivity contribution in [3.8, 4) is 0 Å². The molecule has 31 heavy (non-hydrogen) atoms. The SMILES string of the molecule is CCNC(=NCc1ccc(S(=O)(=O)N2CCCCC2)cc1)NCCN1CCCCC1.I. The second kappa shape index (κ2) is 13.6. The number of hydrogen-bond donors (Lipinski definition) is 2. The molecule has 0 bridgehead atoms. The summed E-state index contributed by atoms with van der Waals surface area (Å²) >= 11 is 0. The van der Waals surface area contributed by atoms with E-state index in [0.717, 1.165) is 50.4 Å². The first-order valence-electron chi connectivity index (χ1n) is 11.4. The van der Waals surface area contributed by atoms with Gasteiger partial charge in [0.05, 0.1) is 11.4 Å². The van der Waals surface area contributed by atoms with Crippen molar-refractivity contribution < 1.29 is 8.42 Å². The fourth-order valence-electron chi connectivity index (χ4n) is 4.05. The first kappa shape index (κ1) is 26.3. The van der Waals surface area contributed by atoms with Crippen LogP contribution in [0, 0.1) is 0 Å². The largest absolute Gasteiger partial charge is 0.357 e. The molecule has 176 valence electrons. The lowest BCUT2D eigenvalue weighted by atomic mass is 10.1. The Hall–Kier alpha value is -0.910. The van der Waals surface area contributed by atoms with Gasteiger partial charge in [-0.25, -0.2) is 13.4 Å². The summed E-state index contributed by atoms with van der Waals surface area (Å²) in [6, 6.07) is 7.17. The first-order chi connectivity index (χ1) is 14.6. The second-order valence-electron chi connectivity index (χ2n) is 8.13. The van der Waals surface area contributed by atoms with Gasteiger partial charge in [0.1, 0.15) is 0 Å². The van der Waals surface area contributed by atoms with Gasteiger partial charge >= 0.3 is 0 Å². The van der Waals surface area contributed by atoms with Crippen LogP contribution in [0.15, 0.2) is 34.2 Å². The van der Waals surface area contributed by atoms with Crippen molar-refractivity contribution in [2.24, 2.45) is 4.99 Å². The number of benzene rings is 1. The topological polar surface area (TPSA) is 77.0 Å². The molecule has 1 aromatic carbocycles. The van der Waals surface area contributed by atoms with Crippen LogP contribution in [0.3, 0.4) is 0 Å². The molecule has 0 radical (unpaired) electrons. The summed E-state index contributed by atoms with van der Waals surface area (Å²) in [7, 11) is -3.37. The van der Waals surface area contributed by atoms with E-state index < -0.39 is 10.0 Å². The number of likely N-dealkylation sites (tertiary alicyclic amines) is 1. The molecule has 1 aromatic rings. The molecule has 2 aliphatic rings. The molecule has 0 atom stereocenters. The lowest BCUT2D eigenvalue weighted by Crippen LogP contribution is -2.42. The van der Waals surface area contributed by atoms with E-state index in [9.17, 15) is 8.42 Å². The quantitative estimate of drug-likeness (QED) is 0.289. The number of sulfonamides is 1. The van der Waals surface area contributed by atoms with Crippen LogP contribution in [-0.2, 0) is 16.6 Å². The fraction of sp³-hybridized carbons (Fsp3) is 0.682. The van der Waals surface area contributed by atoms with Gasteiger partial charge in [0.2, 0.25) is 10.0 Å². The van der Waals surface area contributed by atoms with E-state index in [2.05, 4.69) is 27.4 Å². The smallest absolute Gasteiger partial charge is 0.243 e. The third-order valence-electron chi connectivity index (χ3n) is 5.81. The molecule has 2 aliphatic heterocycles. The zero-order valence-electron chi connectivity index (χ0n) is 18.7. The van der Waals surface area contributed by atoms with E-state index in [1.807, 2.05) is 12.1 Å². The number of halogens is 1. The Morgan fingerprint density at radius 1 is 0.935 bits per heavy atom. The number of rotatable bonds is 8. The van der Waals surface area contributed by atoms with Gasteiger partial charge in [-0.2, -0.15) is 4.31 Å². The number of nitrogens with zero attached hydrogens (tertiary/aromatic N) is 3. The van der Waals surface area contributed by atoms with Crippen LogP contribution in [-0.4, -0.2) is 69.4 Å². The van der Waals surface area contributed by atoms with E-state index in [-0.39, 0.29) is 24.0 Å². The van der Waals surface area contributed by atoms with Crippen LogP contribution in [0.5, 0.6) is 0 Å². The molecular formula is C22H38IN5O2S. The van der Waals surface area contributed by atoms with Crippen molar-refractivity contribution in [2.75, 3.05) is 45.8 Å². The average molecular weight is 564 g/mol. The van der Waals surface area contributed by atoms with Crippen molar-refractivity contribution in [3.05, 3.63) is 29.8 Å². The standard InChI is InChI=1S/C22H37N5O2S.HI/c1-2-23-22(24-13-18-26-14-5-3-6-15-26)25-19-20-9-11-21(12-10-20)30(28,29)27-16-7-4-8-17-27;/h9-12H,2-8,13-19H2,1H3,(H2,23,24,25);1H. The molecular weight excluding hydrogens is 525 g/mol. The minimum atomic E-state index is -3.37. The Balaban J connectivity index is 0.00000341. The highest BCUT2D eigenvalue weighted by Crippen LogP contribution is 2.21. The highest BCUT2D eigenvalue weighted by atomic mass is 127. The van der Waals surface area contributed by atoms with E-state index in [0.29, 0.717) is 24.5 Å². The molecule has 0 unspecified atom stereocenters. The van der Waals surface area contributed by atoms with E-state index in [4.69, 9.17) is 0 Å². The molecule has 0 aromatic heterocycles. The van der Waals surface area contributed by atoms with Crippen LogP contribution >= 0.6 is 24.0 Å². The molecule has 0 spiro atoms. The summed E-state index contributed by atoms with van der Waals surface area (Å²) in [5.74, 6) is 0.805. The second-order valence-corrected chi connectivity index (χ2v) is 10.1. The van der Waals surface area contributed by atoms with E-state index in [1.54, 1.807) is 16.4 Å². The zero-order valence-corrected chi connectivity index (χ0v) is 21.8. The van der Waals surface area contributed by atoms with Gasteiger partial charge in [-0.3, -0.25) is 0 Å². The third-order valence-corrected chi connectivity index (χ3v) is 7.72. The summed E-state index contributed by atoms with van der Waals surface area (Å²) in [5, 5.41) is 6.70. The number of nitrogens with one attached hydrogen (secondary N) is 2. The monoisotopic (exact) mass is 563 g/mol. The highest BCUT2D eigenvalue weighted by molar-refractivity contribution is 14.0. The molecule has 2 heterocycles. The Bertz CT molecular complexity index is 774. The number of piperidine rings is 2. The molecule has 2 saturated heterocycles. The minimum absolute atomic E-state index is 0. The van der Waals surface area contributed by atoms with Crippen LogP contribution in [0.2, 0.25) is 0 Å². The fourth-order valence-corrected chi connectivity index (χ4v) is 5.57. The maximum absolute atomic E-state index is 12.8. The number of guanidine groups is 1. The van der Waals surface area contributed by atoms with Gasteiger partial charge in [-0.1, -0.05) is 25.0 Å². The van der Waals surface area contributed by atoms with Crippen molar-refractivity contribution in [3.63, 3.8) is 0 Å². The van der Waals surface area contributed by atoms with Crippen molar-refractivity contribution in [2.45, 2.75) is 56.9 Å². The van der Waals surface area contributed by atoms with Crippen LogP contribution in [0.25, 0.3) is 0 Å². The molecule has 0 amide bonds. The number of aliphatic imine (C=N–C) groups is 1. The predicted octanol–water partition coefficient (Wildman–Crippen LogP) is 3.02. The van der Waals surface area contributed by atoms with Crippen LogP contribution in [0.4, 0.5) is 0 Å². The summed E-state index contributed by atoms with van der Waals surface area (Å²) in [6.07, 6.45) is 6.97. The van der Waals surface area contributed by atoms with Gasteiger partial charge in [0.15, 0.2) is 5.96 Å². The van der Waals surface area contributed by atoms with E-state index >= 15 is 0 Å².